The van der Waals surface area contributed by atoms with E-state index in [4.69, 9.17) is 0 Å². The third kappa shape index (κ3) is 5.68. The van der Waals surface area contributed by atoms with Gasteiger partial charge in [0.15, 0.2) is 0 Å². The Morgan fingerprint density at radius 3 is 2.75 bits per heavy atom. The molecule has 0 saturated heterocycles. The summed E-state index contributed by atoms with van der Waals surface area (Å²) in [6.45, 7) is 2.81. The van der Waals surface area contributed by atoms with Crippen LogP contribution in [0.1, 0.15) is 31.4 Å². The Hall–Kier alpha value is -2.38. The minimum Gasteiger partial charge on any atom is -0.384 e. The molecule has 1 aromatic heterocycles. The molecule has 0 aliphatic heterocycles. The monoisotopic (exact) mass is 340 g/mol. The van der Waals surface area contributed by atoms with Crippen molar-refractivity contribution < 1.29 is 18.0 Å². The lowest BCUT2D eigenvalue weighted by Gasteiger charge is -2.10. The van der Waals surface area contributed by atoms with Gasteiger partial charge < -0.3 is 4.84 Å². The third-order valence-corrected chi connectivity index (χ3v) is 3.21. The maximum atomic E-state index is 12.3. The number of aryl methyl sites for hydroxylation is 1. The van der Waals surface area contributed by atoms with E-state index in [2.05, 4.69) is 33.9 Å². The quantitative estimate of drug-likeness (QED) is 0.458. The highest BCUT2D eigenvalue weighted by molar-refractivity contribution is 5.99. The van der Waals surface area contributed by atoms with Crippen LogP contribution < -0.4 is 0 Å². The molecule has 2 rings (SSSR count). The highest BCUT2D eigenvalue weighted by Crippen LogP contribution is 2.16. The number of hydrogen-bond acceptors (Lipinski definition) is 4. The average molecular weight is 340 g/mol. The van der Waals surface area contributed by atoms with Crippen LogP contribution in [0, 0.1) is 5.92 Å². The van der Waals surface area contributed by atoms with Crippen LogP contribution in [0.5, 0.6) is 0 Å². The predicted molar refractivity (Wildman–Crippen MR) is 83.6 cm³/mol. The molecule has 1 aromatic carbocycles. The number of aromatic nitrogens is 3. The number of hydrogen-bond donors (Lipinski definition) is 0. The SMILES string of the molecule is CC(C)CCc1cccc(C(=NOCC(F)(F)F)n2cncn2)c1. The van der Waals surface area contributed by atoms with Gasteiger partial charge in [0, 0.05) is 5.56 Å². The van der Waals surface area contributed by atoms with Gasteiger partial charge in [-0.25, -0.2) is 4.98 Å². The molecule has 0 aliphatic carbocycles. The lowest BCUT2D eigenvalue weighted by molar-refractivity contribution is -0.173. The zero-order valence-electron chi connectivity index (χ0n) is 13.5. The summed E-state index contributed by atoms with van der Waals surface area (Å²) in [6.07, 6.45) is 0.0813. The Balaban J connectivity index is 2.24. The van der Waals surface area contributed by atoms with Gasteiger partial charge in [-0.2, -0.15) is 23.0 Å². The number of rotatable bonds is 6. The zero-order valence-corrected chi connectivity index (χ0v) is 13.5. The van der Waals surface area contributed by atoms with Crippen LogP contribution in [0.4, 0.5) is 13.2 Å². The fourth-order valence-electron chi connectivity index (χ4n) is 2.03. The highest BCUT2D eigenvalue weighted by Gasteiger charge is 2.28. The number of alkyl halides is 3. The average Bonchev–Trinajstić information content (AvgIpc) is 3.03. The minimum absolute atomic E-state index is 0.156. The molecule has 0 aliphatic rings. The molecule has 0 unspecified atom stereocenters. The van der Waals surface area contributed by atoms with Gasteiger partial charge in [0.25, 0.3) is 0 Å². The van der Waals surface area contributed by atoms with Crippen molar-refractivity contribution in [1.29, 1.82) is 0 Å². The van der Waals surface area contributed by atoms with Crippen molar-refractivity contribution in [2.45, 2.75) is 32.9 Å². The molecule has 1 heterocycles. The number of oxime groups is 1. The smallest absolute Gasteiger partial charge is 0.384 e. The van der Waals surface area contributed by atoms with Gasteiger partial charge in [-0.1, -0.05) is 37.2 Å². The van der Waals surface area contributed by atoms with E-state index in [1.807, 2.05) is 18.2 Å². The molecule has 5 nitrogen and oxygen atoms in total. The fraction of sp³-hybridized carbons (Fsp3) is 0.438. The molecule has 8 heteroatoms. The second-order valence-corrected chi connectivity index (χ2v) is 5.78. The minimum atomic E-state index is -4.45. The van der Waals surface area contributed by atoms with Crippen molar-refractivity contribution in [1.82, 2.24) is 14.8 Å². The standard InChI is InChI=1S/C16H19F3N4O/c1-12(2)6-7-13-4-3-5-14(8-13)15(23-11-20-10-21-23)22-24-9-16(17,18)19/h3-5,8,10-12H,6-7,9H2,1-2H3. The van der Waals surface area contributed by atoms with E-state index in [1.54, 1.807) is 6.07 Å². The van der Waals surface area contributed by atoms with E-state index in [0.717, 1.165) is 18.4 Å². The zero-order chi connectivity index (χ0) is 17.6. The second kappa shape index (κ2) is 7.94. The molecule has 0 spiro atoms. The predicted octanol–water partition coefficient (Wildman–Crippen LogP) is 3.66. The summed E-state index contributed by atoms with van der Waals surface area (Å²) in [5.41, 5.74) is 1.69. The Morgan fingerprint density at radius 1 is 1.33 bits per heavy atom. The van der Waals surface area contributed by atoms with E-state index < -0.39 is 12.8 Å². The molecular formula is C16H19F3N4O. The molecule has 0 radical (unpaired) electrons. The maximum Gasteiger partial charge on any atom is 0.425 e. The molecule has 0 saturated carbocycles. The number of nitrogens with zero attached hydrogens (tertiary/aromatic N) is 4. The molecule has 0 N–H and O–H groups in total. The molecule has 0 fully saturated rings. The Bertz CT molecular complexity index is 666. The van der Waals surface area contributed by atoms with Crippen LogP contribution in [0.3, 0.4) is 0 Å². The fourth-order valence-corrected chi connectivity index (χ4v) is 2.03. The summed E-state index contributed by atoms with van der Waals surface area (Å²) in [4.78, 5) is 8.25. The molecule has 0 amide bonds. The number of halogens is 3. The number of benzene rings is 1. The molecule has 130 valence electrons. The molecule has 0 bridgehead atoms. The van der Waals surface area contributed by atoms with E-state index in [1.165, 1.54) is 17.3 Å². The molecule has 24 heavy (non-hydrogen) atoms. The van der Waals surface area contributed by atoms with E-state index in [0.29, 0.717) is 11.5 Å². The maximum absolute atomic E-state index is 12.3. The lowest BCUT2D eigenvalue weighted by Crippen LogP contribution is -2.19. The summed E-state index contributed by atoms with van der Waals surface area (Å²) >= 11 is 0. The van der Waals surface area contributed by atoms with Crippen molar-refractivity contribution in [2.24, 2.45) is 11.1 Å². The van der Waals surface area contributed by atoms with Crippen molar-refractivity contribution >= 4 is 5.84 Å². The van der Waals surface area contributed by atoms with Crippen molar-refractivity contribution in [2.75, 3.05) is 6.61 Å². The molecule has 0 atom stereocenters. The highest BCUT2D eigenvalue weighted by atomic mass is 19.4. The van der Waals surface area contributed by atoms with Crippen LogP contribution in [-0.4, -0.2) is 33.4 Å². The second-order valence-electron chi connectivity index (χ2n) is 5.78. The summed E-state index contributed by atoms with van der Waals surface area (Å²) in [5, 5.41) is 7.54. The van der Waals surface area contributed by atoms with Gasteiger partial charge in [0.05, 0.1) is 0 Å². The van der Waals surface area contributed by atoms with Gasteiger partial charge in [-0.3, -0.25) is 0 Å². The van der Waals surface area contributed by atoms with Crippen LogP contribution in [0.25, 0.3) is 0 Å². The summed E-state index contributed by atoms with van der Waals surface area (Å²) < 4.78 is 38.1. The summed E-state index contributed by atoms with van der Waals surface area (Å²) in [7, 11) is 0. The van der Waals surface area contributed by atoms with E-state index in [9.17, 15) is 13.2 Å². The van der Waals surface area contributed by atoms with Gasteiger partial charge in [-0.15, -0.1) is 0 Å². The van der Waals surface area contributed by atoms with Crippen molar-refractivity contribution in [3.05, 3.63) is 48.0 Å². The topological polar surface area (TPSA) is 52.3 Å². The van der Waals surface area contributed by atoms with Crippen molar-refractivity contribution in [3.8, 4) is 0 Å². The van der Waals surface area contributed by atoms with Crippen LogP contribution in [-0.2, 0) is 11.3 Å². The van der Waals surface area contributed by atoms with Gasteiger partial charge >= 0.3 is 6.18 Å². The Kier molecular flexibility index (Phi) is 5.94. The van der Waals surface area contributed by atoms with E-state index >= 15 is 0 Å². The summed E-state index contributed by atoms with van der Waals surface area (Å²) in [6, 6.07) is 7.43. The van der Waals surface area contributed by atoms with Crippen LogP contribution in [0.2, 0.25) is 0 Å². The van der Waals surface area contributed by atoms with Gasteiger partial charge in [-0.05, 0) is 30.4 Å². The first-order chi connectivity index (χ1) is 11.3. The van der Waals surface area contributed by atoms with Crippen molar-refractivity contribution in [3.63, 3.8) is 0 Å². The Labute approximate surface area is 138 Å². The molecule has 2 aromatic rings. The summed E-state index contributed by atoms with van der Waals surface area (Å²) in [5.74, 6) is 0.718. The van der Waals surface area contributed by atoms with Gasteiger partial charge in [0.1, 0.15) is 12.7 Å². The normalized spacial score (nSPS) is 12.7. The third-order valence-electron chi connectivity index (χ3n) is 3.21. The molecular weight excluding hydrogens is 321 g/mol. The first kappa shape index (κ1) is 18.0. The first-order valence-corrected chi connectivity index (χ1v) is 7.56. The largest absolute Gasteiger partial charge is 0.425 e. The van der Waals surface area contributed by atoms with Gasteiger partial charge in [0.2, 0.25) is 12.4 Å². The first-order valence-electron chi connectivity index (χ1n) is 7.56. The van der Waals surface area contributed by atoms with E-state index in [-0.39, 0.29) is 5.84 Å². The Morgan fingerprint density at radius 2 is 2.12 bits per heavy atom. The van der Waals surface area contributed by atoms with Crippen LogP contribution in [0.15, 0.2) is 42.1 Å². The lowest BCUT2D eigenvalue weighted by atomic mass is 10.0. The van der Waals surface area contributed by atoms with Crippen LogP contribution >= 0.6 is 0 Å².